The van der Waals surface area contributed by atoms with Gasteiger partial charge in [0.15, 0.2) is 5.82 Å². The number of rotatable bonds is 4. The Morgan fingerprint density at radius 2 is 2.04 bits per heavy atom. The van der Waals surface area contributed by atoms with Crippen molar-refractivity contribution in [2.75, 3.05) is 0 Å². The number of alkyl halides is 2. The van der Waals surface area contributed by atoms with Crippen molar-refractivity contribution in [1.29, 1.82) is 0 Å². The summed E-state index contributed by atoms with van der Waals surface area (Å²) >= 11 is 5.80. The van der Waals surface area contributed by atoms with Gasteiger partial charge in [-0.1, -0.05) is 17.7 Å². The maximum Gasteiger partial charge on any atom is 0.354 e. The van der Waals surface area contributed by atoms with Gasteiger partial charge in [-0.15, -0.1) is 0 Å². The standard InChI is InChI=1S/C17H13ClF2N6O/c1-10-13(8-22-26(10)16(19)20)25-12-3-2-6-24(15(12)23-17(25)27)9-11-4-5-14(18)21-7-11/h2-8,16H,9H2,1H3. The van der Waals surface area contributed by atoms with Gasteiger partial charge in [0.2, 0.25) is 0 Å². The molecule has 0 radical (unpaired) electrons. The molecule has 0 aromatic carbocycles. The lowest BCUT2D eigenvalue weighted by atomic mass is 10.2. The highest BCUT2D eigenvalue weighted by molar-refractivity contribution is 6.29. The first-order chi connectivity index (χ1) is 13.0. The summed E-state index contributed by atoms with van der Waals surface area (Å²) in [6.07, 6.45) is 4.66. The third-order valence-electron chi connectivity index (χ3n) is 4.24. The fraction of sp³-hybridized carbons (Fsp3) is 0.176. The Balaban J connectivity index is 1.79. The van der Waals surface area contributed by atoms with E-state index in [1.54, 1.807) is 35.2 Å². The molecule has 2 aliphatic rings. The summed E-state index contributed by atoms with van der Waals surface area (Å²) in [6.45, 7) is -0.880. The molecule has 27 heavy (non-hydrogen) atoms. The molecule has 0 saturated carbocycles. The topological polar surface area (TPSA) is 70.5 Å². The van der Waals surface area contributed by atoms with E-state index in [2.05, 4.69) is 15.1 Å². The first-order valence-electron chi connectivity index (χ1n) is 7.96. The molecule has 4 heterocycles. The normalized spacial score (nSPS) is 11.6. The second-order valence-corrected chi connectivity index (χ2v) is 6.29. The molecule has 2 aliphatic heterocycles. The third kappa shape index (κ3) is 2.99. The Morgan fingerprint density at radius 1 is 1.22 bits per heavy atom. The van der Waals surface area contributed by atoms with Crippen LogP contribution in [-0.2, 0) is 6.54 Å². The molecule has 2 aromatic heterocycles. The van der Waals surface area contributed by atoms with Crippen LogP contribution < -0.4 is 5.69 Å². The summed E-state index contributed by atoms with van der Waals surface area (Å²) in [6, 6.07) is 6.97. The van der Waals surface area contributed by atoms with Crippen molar-refractivity contribution in [1.82, 2.24) is 28.9 Å². The summed E-state index contributed by atoms with van der Waals surface area (Å²) in [5.41, 5.74) is 1.27. The molecule has 7 nitrogen and oxygen atoms in total. The number of pyridine rings is 2. The molecule has 0 bridgehead atoms. The van der Waals surface area contributed by atoms with Crippen molar-refractivity contribution in [3.05, 3.63) is 69.8 Å². The minimum atomic E-state index is -2.79. The highest BCUT2D eigenvalue weighted by Gasteiger charge is 2.23. The predicted octanol–water partition coefficient (Wildman–Crippen LogP) is 3.14. The van der Waals surface area contributed by atoms with E-state index in [1.807, 2.05) is 6.07 Å². The molecule has 2 aromatic rings. The highest BCUT2D eigenvalue weighted by Crippen LogP contribution is 2.25. The van der Waals surface area contributed by atoms with Crippen molar-refractivity contribution in [2.45, 2.75) is 20.0 Å². The average Bonchev–Trinajstić information content (AvgIpc) is 3.16. The largest absolute Gasteiger partial charge is 0.354 e. The zero-order valence-electron chi connectivity index (χ0n) is 14.1. The minimum absolute atomic E-state index is 0.179. The number of hydrogen-bond donors (Lipinski definition) is 0. The fourth-order valence-electron chi connectivity index (χ4n) is 2.96. The van der Waals surface area contributed by atoms with Gasteiger partial charge in [-0.05, 0) is 30.7 Å². The number of nitrogens with zero attached hydrogens (tertiary/aromatic N) is 6. The molecule has 138 valence electrons. The smallest absolute Gasteiger partial charge is 0.327 e. The molecule has 0 unspecified atom stereocenters. The molecular weight excluding hydrogens is 378 g/mol. The molecule has 0 saturated heterocycles. The van der Waals surface area contributed by atoms with Gasteiger partial charge in [0, 0.05) is 12.4 Å². The zero-order valence-corrected chi connectivity index (χ0v) is 14.8. The van der Waals surface area contributed by atoms with E-state index in [0.29, 0.717) is 27.9 Å². The Morgan fingerprint density at radius 3 is 2.70 bits per heavy atom. The maximum absolute atomic E-state index is 13.0. The van der Waals surface area contributed by atoms with Gasteiger partial charge in [0.1, 0.15) is 5.15 Å². The molecule has 10 heteroatoms. The van der Waals surface area contributed by atoms with Crippen LogP contribution in [0.25, 0.3) is 17.2 Å². The summed E-state index contributed by atoms with van der Waals surface area (Å²) < 4.78 is 29.7. The van der Waals surface area contributed by atoms with Crippen LogP contribution in [0.15, 0.2) is 47.7 Å². The molecular formula is C17H13ClF2N6O. The van der Waals surface area contributed by atoms with E-state index in [1.165, 1.54) is 17.7 Å². The van der Waals surface area contributed by atoms with Crippen molar-refractivity contribution >= 4 is 11.6 Å². The lowest BCUT2D eigenvalue weighted by Gasteiger charge is -2.12. The lowest BCUT2D eigenvalue weighted by molar-refractivity contribution is 0.0544. The van der Waals surface area contributed by atoms with Crippen LogP contribution in [0.3, 0.4) is 0 Å². The van der Waals surface area contributed by atoms with Gasteiger partial charge in [0.05, 0.1) is 29.8 Å². The van der Waals surface area contributed by atoms with E-state index in [4.69, 9.17) is 11.6 Å². The number of halogens is 3. The van der Waals surface area contributed by atoms with Crippen LogP contribution in [0.2, 0.25) is 5.15 Å². The number of aromatic nitrogens is 6. The van der Waals surface area contributed by atoms with Crippen molar-refractivity contribution < 1.29 is 8.78 Å². The van der Waals surface area contributed by atoms with Crippen LogP contribution in [0.4, 0.5) is 8.78 Å². The second kappa shape index (κ2) is 6.58. The number of fused-ring (bicyclic) bond motifs is 1. The Kier molecular flexibility index (Phi) is 4.23. The first kappa shape index (κ1) is 17.3. The number of imidazole rings is 1. The molecule has 0 amide bonds. The fourth-order valence-corrected chi connectivity index (χ4v) is 3.07. The summed E-state index contributed by atoms with van der Waals surface area (Å²) in [5, 5.41) is 4.06. The Bertz CT molecular complexity index is 1130. The van der Waals surface area contributed by atoms with Gasteiger partial charge < -0.3 is 4.57 Å². The quantitative estimate of drug-likeness (QED) is 0.502. The van der Waals surface area contributed by atoms with Crippen LogP contribution in [0, 0.1) is 6.92 Å². The summed E-state index contributed by atoms with van der Waals surface area (Å²) in [7, 11) is 0. The van der Waals surface area contributed by atoms with E-state index in [-0.39, 0.29) is 11.4 Å². The first-order valence-corrected chi connectivity index (χ1v) is 8.34. The van der Waals surface area contributed by atoms with E-state index in [0.717, 1.165) is 5.56 Å². The average molecular weight is 391 g/mol. The Labute approximate surface area is 156 Å². The van der Waals surface area contributed by atoms with Gasteiger partial charge in [-0.3, -0.25) is 4.57 Å². The highest BCUT2D eigenvalue weighted by atomic mass is 35.5. The van der Waals surface area contributed by atoms with Crippen molar-refractivity contribution in [3.63, 3.8) is 0 Å². The van der Waals surface area contributed by atoms with Gasteiger partial charge >= 0.3 is 12.2 Å². The molecule has 0 fully saturated rings. The van der Waals surface area contributed by atoms with Crippen molar-refractivity contribution in [2.24, 2.45) is 0 Å². The number of hydrogen-bond acceptors (Lipinski definition) is 4. The summed E-state index contributed by atoms with van der Waals surface area (Å²) in [5.74, 6) is 0.432. The predicted molar refractivity (Wildman–Crippen MR) is 94.6 cm³/mol. The summed E-state index contributed by atoms with van der Waals surface area (Å²) in [4.78, 5) is 20.6. The van der Waals surface area contributed by atoms with Gasteiger partial charge in [-0.25, -0.2) is 14.5 Å². The maximum atomic E-state index is 13.0. The minimum Gasteiger partial charge on any atom is -0.327 e. The van der Waals surface area contributed by atoms with Gasteiger partial charge in [0.25, 0.3) is 0 Å². The third-order valence-corrected chi connectivity index (χ3v) is 4.46. The van der Waals surface area contributed by atoms with E-state index in [9.17, 15) is 13.6 Å². The van der Waals surface area contributed by atoms with Crippen LogP contribution in [0.5, 0.6) is 0 Å². The van der Waals surface area contributed by atoms with E-state index < -0.39 is 12.2 Å². The monoisotopic (exact) mass is 390 g/mol. The Hall–Kier alpha value is -3.07. The van der Waals surface area contributed by atoms with Crippen molar-refractivity contribution in [3.8, 4) is 17.2 Å². The molecule has 0 N–H and O–H groups in total. The molecule has 0 spiro atoms. The SMILES string of the molecule is Cc1c(-n2c3cccn(Cc4ccc(Cl)nc4)c-3nc2=O)cnn1C(F)F. The van der Waals surface area contributed by atoms with Crippen LogP contribution in [-0.4, -0.2) is 28.9 Å². The van der Waals surface area contributed by atoms with Crippen LogP contribution in [0.1, 0.15) is 17.8 Å². The second-order valence-electron chi connectivity index (χ2n) is 5.90. The molecule has 0 aliphatic carbocycles. The van der Waals surface area contributed by atoms with Gasteiger partial charge in [-0.2, -0.15) is 18.9 Å². The zero-order chi connectivity index (χ0) is 19.1. The molecule has 4 rings (SSSR count). The molecule has 0 atom stereocenters. The lowest BCUT2D eigenvalue weighted by Crippen LogP contribution is -2.15. The van der Waals surface area contributed by atoms with Crippen LogP contribution >= 0.6 is 11.6 Å². The van der Waals surface area contributed by atoms with E-state index >= 15 is 0 Å².